The number of fused-ring (bicyclic) bond motifs is 1. The van der Waals surface area contributed by atoms with Gasteiger partial charge in [0.15, 0.2) is 0 Å². The van der Waals surface area contributed by atoms with Crippen LogP contribution in [0.5, 0.6) is 5.75 Å². The number of nitrogens with zero attached hydrogens (tertiary/aromatic N) is 1. The van der Waals surface area contributed by atoms with E-state index < -0.39 is 0 Å². The number of rotatable bonds is 2. The number of benzene rings is 1. The van der Waals surface area contributed by atoms with Gasteiger partial charge in [-0.3, -0.25) is 0 Å². The molecule has 0 aromatic heterocycles. The molecule has 1 heterocycles. The minimum atomic E-state index is 0.420. The number of phenolic OH excluding ortho intramolecular Hbond substituents is 1. The number of hydrogen-bond donors (Lipinski definition) is 1. The molecule has 0 spiro atoms. The number of aromatic hydroxyl groups is 1. The second-order valence-corrected chi connectivity index (χ2v) is 5.13. The van der Waals surface area contributed by atoms with Gasteiger partial charge in [-0.25, -0.2) is 0 Å². The second kappa shape index (κ2) is 4.10. The Hall–Kier alpha value is -1.02. The monoisotopic (exact) mass is 217 g/mol. The highest BCUT2D eigenvalue weighted by Gasteiger charge is 2.24. The van der Waals surface area contributed by atoms with Gasteiger partial charge in [-0.1, -0.05) is 6.07 Å². The molecule has 0 saturated carbocycles. The highest BCUT2D eigenvalue weighted by Crippen LogP contribution is 2.34. The Kier molecular flexibility index (Phi) is 2.60. The molecule has 0 amide bonds. The van der Waals surface area contributed by atoms with Crippen molar-refractivity contribution in [1.29, 1.82) is 0 Å². The maximum absolute atomic E-state index is 9.50. The predicted molar refractivity (Wildman–Crippen MR) is 64.8 cm³/mol. The fourth-order valence-electron chi connectivity index (χ4n) is 2.97. The largest absolute Gasteiger partial charge is 0.508 e. The molecule has 1 N–H and O–H groups in total. The van der Waals surface area contributed by atoms with Crippen molar-refractivity contribution in [3.05, 3.63) is 29.3 Å². The van der Waals surface area contributed by atoms with Crippen molar-refractivity contribution in [2.24, 2.45) is 0 Å². The van der Waals surface area contributed by atoms with Crippen LogP contribution in [-0.4, -0.2) is 29.6 Å². The van der Waals surface area contributed by atoms with Gasteiger partial charge in [0.2, 0.25) is 0 Å². The molecule has 1 aromatic carbocycles. The van der Waals surface area contributed by atoms with Crippen LogP contribution in [0.15, 0.2) is 18.2 Å². The third-order valence-corrected chi connectivity index (χ3v) is 3.99. The molecule has 2 nitrogen and oxygen atoms in total. The first-order valence-electron chi connectivity index (χ1n) is 6.37. The summed E-state index contributed by atoms with van der Waals surface area (Å²) >= 11 is 0. The Morgan fingerprint density at radius 2 is 2.12 bits per heavy atom. The fourth-order valence-corrected chi connectivity index (χ4v) is 2.97. The Morgan fingerprint density at radius 1 is 1.25 bits per heavy atom. The zero-order chi connectivity index (χ0) is 11.0. The number of likely N-dealkylation sites (tertiary alicyclic amines) is 1. The van der Waals surface area contributed by atoms with E-state index in [-0.39, 0.29) is 0 Å². The van der Waals surface area contributed by atoms with E-state index in [1.807, 2.05) is 12.1 Å². The van der Waals surface area contributed by atoms with Gasteiger partial charge in [0, 0.05) is 6.54 Å². The summed E-state index contributed by atoms with van der Waals surface area (Å²) in [6.45, 7) is 3.78. The van der Waals surface area contributed by atoms with Crippen molar-refractivity contribution >= 4 is 0 Å². The third kappa shape index (κ3) is 1.82. The first kappa shape index (κ1) is 10.2. The van der Waals surface area contributed by atoms with E-state index in [2.05, 4.69) is 11.0 Å². The average molecular weight is 217 g/mol. The minimum Gasteiger partial charge on any atom is -0.508 e. The molecule has 1 aliphatic carbocycles. The first-order valence-corrected chi connectivity index (χ1v) is 6.37. The molecule has 2 heteroatoms. The quantitative estimate of drug-likeness (QED) is 0.822. The van der Waals surface area contributed by atoms with Crippen LogP contribution in [0.25, 0.3) is 0 Å². The van der Waals surface area contributed by atoms with Gasteiger partial charge in [0.25, 0.3) is 0 Å². The topological polar surface area (TPSA) is 23.5 Å². The van der Waals surface area contributed by atoms with Crippen molar-refractivity contribution in [3.8, 4) is 5.75 Å². The molecule has 0 radical (unpaired) electrons. The highest BCUT2D eigenvalue weighted by molar-refractivity contribution is 5.38. The third-order valence-electron chi connectivity index (χ3n) is 3.99. The van der Waals surface area contributed by atoms with Gasteiger partial charge >= 0.3 is 0 Å². The minimum absolute atomic E-state index is 0.420. The SMILES string of the molecule is Oc1ccc2c(c1)CCCC2CN1CCC1. The van der Waals surface area contributed by atoms with Gasteiger partial charge in [0.05, 0.1) is 0 Å². The molecule has 1 saturated heterocycles. The summed E-state index contributed by atoms with van der Waals surface area (Å²) in [6.07, 6.45) is 5.10. The smallest absolute Gasteiger partial charge is 0.115 e. The summed E-state index contributed by atoms with van der Waals surface area (Å²) in [7, 11) is 0. The Bertz CT molecular complexity index is 384. The van der Waals surface area contributed by atoms with E-state index in [9.17, 15) is 5.11 Å². The van der Waals surface area contributed by atoms with Crippen LogP contribution in [0.3, 0.4) is 0 Å². The van der Waals surface area contributed by atoms with Crippen LogP contribution in [-0.2, 0) is 6.42 Å². The predicted octanol–water partition coefficient (Wildman–Crippen LogP) is 2.52. The van der Waals surface area contributed by atoms with Crippen LogP contribution >= 0.6 is 0 Å². The Balaban J connectivity index is 1.81. The average Bonchev–Trinajstić information content (AvgIpc) is 2.23. The Labute approximate surface area is 96.9 Å². The van der Waals surface area contributed by atoms with Gasteiger partial charge in [0.1, 0.15) is 5.75 Å². The normalized spacial score (nSPS) is 24.9. The summed E-state index contributed by atoms with van der Waals surface area (Å²) in [5, 5.41) is 9.50. The molecular weight excluding hydrogens is 198 g/mol. The molecule has 1 unspecified atom stereocenters. The van der Waals surface area contributed by atoms with Gasteiger partial charge < -0.3 is 10.0 Å². The fraction of sp³-hybridized carbons (Fsp3) is 0.571. The van der Waals surface area contributed by atoms with Crippen molar-refractivity contribution in [2.45, 2.75) is 31.6 Å². The van der Waals surface area contributed by atoms with Crippen LogP contribution < -0.4 is 0 Å². The van der Waals surface area contributed by atoms with Crippen molar-refractivity contribution in [3.63, 3.8) is 0 Å². The lowest BCUT2D eigenvalue weighted by atomic mass is 9.82. The zero-order valence-electron chi connectivity index (χ0n) is 9.65. The van der Waals surface area contributed by atoms with Crippen LogP contribution in [0, 0.1) is 0 Å². The van der Waals surface area contributed by atoms with Gasteiger partial charge in [-0.2, -0.15) is 0 Å². The molecule has 1 aliphatic heterocycles. The molecule has 1 atom stereocenters. The molecule has 0 bridgehead atoms. The maximum Gasteiger partial charge on any atom is 0.115 e. The van der Waals surface area contributed by atoms with Crippen LogP contribution in [0.1, 0.15) is 36.3 Å². The molecule has 1 fully saturated rings. The zero-order valence-corrected chi connectivity index (χ0v) is 9.65. The Morgan fingerprint density at radius 3 is 2.88 bits per heavy atom. The van der Waals surface area contributed by atoms with Crippen LogP contribution in [0.2, 0.25) is 0 Å². The summed E-state index contributed by atoms with van der Waals surface area (Å²) in [5.74, 6) is 1.12. The second-order valence-electron chi connectivity index (χ2n) is 5.13. The summed E-state index contributed by atoms with van der Waals surface area (Å²) in [4.78, 5) is 2.55. The lowest BCUT2D eigenvalue weighted by molar-refractivity contribution is 0.165. The summed E-state index contributed by atoms with van der Waals surface area (Å²) in [5.41, 5.74) is 2.85. The number of hydrogen-bond acceptors (Lipinski definition) is 2. The summed E-state index contributed by atoms with van der Waals surface area (Å²) < 4.78 is 0. The van der Waals surface area contributed by atoms with E-state index in [0.717, 1.165) is 6.42 Å². The van der Waals surface area contributed by atoms with E-state index in [1.54, 1.807) is 0 Å². The number of aryl methyl sites for hydroxylation is 1. The lowest BCUT2D eigenvalue weighted by Crippen LogP contribution is -2.40. The number of phenols is 1. The molecule has 3 rings (SSSR count). The molecule has 1 aromatic rings. The van der Waals surface area contributed by atoms with E-state index in [1.165, 1.54) is 50.0 Å². The molecule has 86 valence electrons. The van der Waals surface area contributed by atoms with Gasteiger partial charge in [-0.15, -0.1) is 0 Å². The van der Waals surface area contributed by atoms with E-state index >= 15 is 0 Å². The van der Waals surface area contributed by atoms with E-state index in [0.29, 0.717) is 11.7 Å². The van der Waals surface area contributed by atoms with Crippen molar-refractivity contribution < 1.29 is 5.11 Å². The standard InChI is InChI=1S/C14H19NO/c16-13-5-6-14-11(9-13)3-1-4-12(14)10-15-7-2-8-15/h5-6,9,12,16H,1-4,7-8,10H2. The maximum atomic E-state index is 9.50. The first-order chi connectivity index (χ1) is 7.83. The lowest BCUT2D eigenvalue weighted by Gasteiger charge is -2.36. The van der Waals surface area contributed by atoms with E-state index in [4.69, 9.17) is 0 Å². The highest BCUT2D eigenvalue weighted by atomic mass is 16.3. The summed E-state index contributed by atoms with van der Waals surface area (Å²) in [6, 6.07) is 5.93. The van der Waals surface area contributed by atoms with Crippen molar-refractivity contribution in [1.82, 2.24) is 4.90 Å². The van der Waals surface area contributed by atoms with Crippen molar-refractivity contribution in [2.75, 3.05) is 19.6 Å². The molecule has 16 heavy (non-hydrogen) atoms. The van der Waals surface area contributed by atoms with Crippen LogP contribution in [0.4, 0.5) is 0 Å². The molecular formula is C14H19NO. The van der Waals surface area contributed by atoms with Gasteiger partial charge in [-0.05, 0) is 68.0 Å². The molecule has 2 aliphatic rings.